The molecule has 3 nitrogen and oxygen atoms in total. The first-order valence-electron chi connectivity index (χ1n) is 7.25. The van der Waals surface area contributed by atoms with E-state index in [4.69, 9.17) is 16.3 Å². The van der Waals surface area contributed by atoms with Crippen LogP contribution < -0.4 is 10.1 Å². The van der Waals surface area contributed by atoms with Gasteiger partial charge in [-0.05, 0) is 50.5 Å². The summed E-state index contributed by atoms with van der Waals surface area (Å²) in [5.41, 5.74) is 3.04. The van der Waals surface area contributed by atoms with Gasteiger partial charge in [0.1, 0.15) is 11.5 Å². The lowest BCUT2D eigenvalue weighted by molar-refractivity contribution is 0.470. The number of aryl methyl sites for hydroxylation is 2. The molecule has 110 valence electrons. The molecule has 3 rings (SSSR count). The number of hydrogen-bond acceptors (Lipinski definition) is 3. The third-order valence-corrected chi connectivity index (χ3v) is 4.02. The van der Waals surface area contributed by atoms with E-state index in [1.807, 2.05) is 44.3 Å². The Balaban J connectivity index is 1.81. The molecule has 0 radical (unpaired) electrons. The summed E-state index contributed by atoms with van der Waals surface area (Å²) in [6, 6.07) is 8.35. The Morgan fingerprint density at radius 1 is 1.29 bits per heavy atom. The third-order valence-electron chi connectivity index (χ3n) is 3.60. The average Bonchev–Trinajstić information content (AvgIpc) is 3.26. The highest BCUT2D eigenvalue weighted by Gasteiger charge is 2.20. The van der Waals surface area contributed by atoms with Crippen LogP contribution in [-0.4, -0.2) is 11.0 Å². The van der Waals surface area contributed by atoms with Crippen LogP contribution in [0.1, 0.15) is 29.7 Å². The van der Waals surface area contributed by atoms with Crippen molar-refractivity contribution in [3.63, 3.8) is 0 Å². The summed E-state index contributed by atoms with van der Waals surface area (Å²) in [6.07, 6.45) is 4.43. The van der Waals surface area contributed by atoms with Crippen LogP contribution in [0, 0.1) is 13.8 Å². The van der Waals surface area contributed by atoms with E-state index >= 15 is 0 Å². The SMILES string of the molecule is Cc1cc(Oc2ccc(Cl)c(C)c2)c(CNC2CC2)cn1. The highest BCUT2D eigenvalue weighted by atomic mass is 35.5. The smallest absolute Gasteiger partial charge is 0.135 e. The van der Waals surface area contributed by atoms with E-state index in [1.54, 1.807) is 0 Å². The number of ether oxygens (including phenoxy) is 1. The standard InChI is InChI=1S/C17H19ClN2O/c1-11-7-15(5-6-16(11)18)21-17-8-12(2)19-9-13(17)10-20-14-3-4-14/h5-9,14,20H,3-4,10H2,1-2H3. The molecule has 0 aliphatic heterocycles. The topological polar surface area (TPSA) is 34.1 Å². The quantitative estimate of drug-likeness (QED) is 0.889. The van der Waals surface area contributed by atoms with Crippen molar-refractivity contribution in [2.75, 3.05) is 0 Å². The Kier molecular flexibility index (Phi) is 4.13. The Morgan fingerprint density at radius 2 is 2.10 bits per heavy atom. The summed E-state index contributed by atoms with van der Waals surface area (Å²) in [5, 5.41) is 4.25. The molecule has 1 fully saturated rings. The molecule has 4 heteroatoms. The van der Waals surface area contributed by atoms with Gasteiger partial charge < -0.3 is 10.1 Å². The van der Waals surface area contributed by atoms with Gasteiger partial charge in [-0.15, -0.1) is 0 Å². The van der Waals surface area contributed by atoms with Gasteiger partial charge in [-0.2, -0.15) is 0 Å². The van der Waals surface area contributed by atoms with Crippen molar-refractivity contribution in [3.8, 4) is 11.5 Å². The summed E-state index contributed by atoms with van der Waals surface area (Å²) in [6.45, 7) is 4.74. The summed E-state index contributed by atoms with van der Waals surface area (Å²) < 4.78 is 6.04. The molecular formula is C17H19ClN2O. The highest BCUT2D eigenvalue weighted by Crippen LogP contribution is 2.29. The minimum atomic E-state index is 0.664. The normalized spacial score (nSPS) is 14.2. The molecule has 1 aromatic heterocycles. The number of rotatable bonds is 5. The van der Waals surface area contributed by atoms with E-state index in [0.29, 0.717) is 6.04 Å². The van der Waals surface area contributed by atoms with Gasteiger partial charge in [0.15, 0.2) is 0 Å². The highest BCUT2D eigenvalue weighted by molar-refractivity contribution is 6.31. The predicted octanol–water partition coefficient (Wildman–Crippen LogP) is 4.40. The van der Waals surface area contributed by atoms with Crippen LogP contribution in [0.15, 0.2) is 30.5 Å². The Bertz CT molecular complexity index is 653. The zero-order valence-electron chi connectivity index (χ0n) is 12.3. The first-order chi connectivity index (χ1) is 10.1. The van der Waals surface area contributed by atoms with Crippen molar-refractivity contribution in [1.82, 2.24) is 10.3 Å². The molecule has 0 atom stereocenters. The largest absolute Gasteiger partial charge is 0.457 e. The lowest BCUT2D eigenvalue weighted by atomic mass is 10.2. The summed E-state index contributed by atoms with van der Waals surface area (Å²) >= 11 is 6.06. The molecule has 1 aromatic carbocycles. The fraction of sp³-hybridized carbons (Fsp3) is 0.353. The van der Waals surface area contributed by atoms with Crippen LogP contribution in [-0.2, 0) is 6.54 Å². The molecule has 2 aromatic rings. The van der Waals surface area contributed by atoms with Crippen LogP contribution in [0.5, 0.6) is 11.5 Å². The molecule has 0 spiro atoms. The number of hydrogen-bond donors (Lipinski definition) is 1. The van der Waals surface area contributed by atoms with Crippen LogP contribution in [0.4, 0.5) is 0 Å². The van der Waals surface area contributed by atoms with Gasteiger partial charge >= 0.3 is 0 Å². The molecular weight excluding hydrogens is 284 g/mol. The lowest BCUT2D eigenvalue weighted by Crippen LogP contribution is -2.16. The third kappa shape index (κ3) is 3.74. The van der Waals surface area contributed by atoms with Gasteiger partial charge in [0.2, 0.25) is 0 Å². The molecule has 21 heavy (non-hydrogen) atoms. The number of nitrogens with zero attached hydrogens (tertiary/aromatic N) is 1. The molecule has 0 bridgehead atoms. The van der Waals surface area contributed by atoms with Crippen molar-refractivity contribution in [3.05, 3.63) is 52.3 Å². The summed E-state index contributed by atoms with van der Waals surface area (Å²) in [5.74, 6) is 1.66. The second-order valence-electron chi connectivity index (χ2n) is 5.60. The Hall–Kier alpha value is -1.58. The van der Waals surface area contributed by atoms with Gasteiger partial charge in [0, 0.05) is 41.1 Å². The average molecular weight is 303 g/mol. The maximum absolute atomic E-state index is 6.06. The van der Waals surface area contributed by atoms with E-state index in [0.717, 1.165) is 39.9 Å². The summed E-state index contributed by atoms with van der Waals surface area (Å²) in [4.78, 5) is 4.37. The van der Waals surface area contributed by atoms with Crippen molar-refractivity contribution >= 4 is 11.6 Å². The maximum Gasteiger partial charge on any atom is 0.135 e. The minimum absolute atomic E-state index is 0.664. The number of nitrogens with one attached hydrogen (secondary N) is 1. The van der Waals surface area contributed by atoms with Crippen LogP contribution in [0.25, 0.3) is 0 Å². The molecule has 0 unspecified atom stereocenters. The molecule has 0 saturated heterocycles. The molecule has 1 aliphatic rings. The number of benzene rings is 1. The van der Waals surface area contributed by atoms with Gasteiger partial charge in [0.05, 0.1) is 0 Å². The van der Waals surface area contributed by atoms with Gasteiger partial charge in [-0.1, -0.05) is 11.6 Å². The van der Waals surface area contributed by atoms with E-state index in [-0.39, 0.29) is 0 Å². The zero-order valence-corrected chi connectivity index (χ0v) is 13.1. The van der Waals surface area contributed by atoms with Gasteiger partial charge in [0.25, 0.3) is 0 Å². The molecule has 1 heterocycles. The number of halogens is 1. The van der Waals surface area contributed by atoms with Crippen LogP contribution in [0.3, 0.4) is 0 Å². The maximum atomic E-state index is 6.06. The number of aromatic nitrogens is 1. The predicted molar refractivity (Wildman–Crippen MR) is 85.1 cm³/mol. The van der Waals surface area contributed by atoms with Crippen molar-refractivity contribution < 1.29 is 4.74 Å². The zero-order chi connectivity index (χ0) is 14.8. The fourth-order valence-corrected chi connectivity index (χ4v) is 2.26. The minimum Gasteiger partial charge on any atom is -0.457 e. The monoisotopic (exact) mass is 302 g/mol. The van der Waals surface area contributed by atoms with Gasteiger partial charge in [-0.3, -0.25) is 4.98 Å². The lowest BCUT2D eigenvalue weighted by Gasteiger charge is -2.13. The summed E-state index contributed by atoms with van der Waals surface area (Å²) in [7, 11) is 0. The van der Waals surface area contributed by atoms with E-state index in [2.05, 4.69) is 10.3 Å². The first-order valence-corrected chi connectivity index (χ1v) is 7.62. The second-order valence-corrected chi connectivity index (χ2v) is 6.01. The molecule has 1 saturated carbocycles. The van der Waals surface area contributed by atoms with Gasteiger partial charge in [-0.25, -0.2) is 0 Å². The Morgan fingerprint density at radius 3 is 2.81 bits per heavy atom. The Labute approximate surface area is 130 Å². The number of pyridine rings is 1. The van der Waals surface area contributed by atoms with Crippen molar-refractivity contribution in [2.24, 2.45) is 0 Å². The van der Waals surface area contributed by atoms with Crippen LogP contribution in [0.2, 0.25) is 5.02 Å². The molecule has 1 aliphatic carbocycles. The fourth-order valence-electron chi connectivity index (χ4n) is 2.14. The first kappa shape index (κ1) is 14.4. The van der Waals surface area contributed by atoms with Crippen LogP contribution >= 0.6 is 11.6 Å². The van der Waals surface area contributed by atoms with E-state index in [1.165, 1.54) is 12.8 Å². The van der Waals surface area contributed by atoms with E-state index < -0.39 is 0 Å². The van der Waals surface area contributed by atoms with E-state index in [9.17, 15) is 0 Å². The molecule has 0 amide bonds. The van der Waals surface area contributed by atoms with Crippen molar-refractivity contribution in [2.45, 2.75) is 39.3 Å². The second kappa shape index (κ2) is 6.04. The van der Waals surface area contributed by atoms with Crippen molar-refractivity contribution in [1.29, 1.82) is 0 Å². The molecule has 1 N–H and O–H groups in total.